The lowest BCUT2D eigenvalue weighted by molar-refractivity contribution is 0.633. The van der Waals surface area contributed by atoms with Crippen LogP contribution in [0.25, 0.3) is 0 Å². The van der Waals surface area contributed by atoms with Crippen LogP contribution in [0.3, 0.4) is 0 Å². The molecule has 1 aliphatic carbocycles. The van der Waals surface area contributed by atoms with E-state index in [0.29, 0.717) is 4.75 Å². The van der Waals surface area contributed by atoms with Gasteiger partial charge in [-0.1, -0.05) is 12.8 Å². The van der Waals surface area contributed by atoms with Gasteiger partial charge in [-0.2, -0.15) is 0 Å². The minimum Gasteiger partial charge on any atom is -0.285 e. The highest BCUT2D eigenvalue weighted by Gasteiger charge is 2.35. The number of hydrogen-bond acceptors (Lipinski definition) is 2. The minimum absolute atomic E-state index is 0.583. The van der Waals surface area contributed by atoms with E-state index in [0.717, 1.165) is 6.54 Å². The minimum atomic E-state index is 0.583. The molecular formula is C7H11NS. The number of rotatable bonds is 0. The van der Waals surface area contributed by atoms with E-state index in [1.165, 1.54) is 25.7 Å². The Morgan fingerprint density at radius 1 is 1.33 bits per heavy atom. The van der Waals surface area contributed by atoms with E-state index in [4.69, 9.17) is 0 Å². The molecule has 0 saturated heterocycles. The molecule has 1 heterocycles. The van der Waals surface area contributed by atoms with Gasteiger partial charge in [0.2, 0.25) is 0 Å². The van der Waals surface area contributed by atoms with E-state index in [-0.39, 0.29) is 0 Å². The van der Waals surface area contributed by atoms with Crippen molar-refractivity contribution in [3.8, 4) is 0 Å². The van der Waals surface area contributed by atoms with Gasteiger partial charge in [0, 0.05) is 4.75 Å². The molecule has 2 heteroatoms. The quantitative estimate of drug-likeness (QED) is 0.503. The van der Waals surface area contributed by atoms with Gasteiger partial charge < -0.3 is 0 Å². The predicted molar refractivity (Wildman–Crippen MR) is 42.1 cm³/mol. The van der Waals surface area contributed by atoms with Crippen molar-refractivity contribution >= 4 is 17.3 Å². The van der Waals surface area contributed by atoms with Crippen LogP contribution in [0.4, 0.5) is 0 Å². The normalized spacial score (nSPS) is 30.2. The van der Waals surface area contributed by atoms with Gasteiger partial charge in [-0.3, -0.25) is 4.99 Å². The van der Waals surface area contributed by atoms with Crippen molar-refractivity contribution in [1.82, 2.24) is 0 Å². The molecule has 0 aromatic carbocycles. The molecule has 1 nitrogen and oxygen atoms in total. The number of hydrogen-bond donors (Lipinski definition) is 0. The maximum atomic E-state index is 4.26. The van der Waals surface area contributed by atoms with Crippen molar-refractivity contribution < 1.29 is 0 Å². The predicted octanol–water partition coefficient (Wildman–Crippen LogP) is 2.07. The van der Waals surface area contributed by atoms with E-state index in [2.05, 4.69) is 4.99 Å². The molecule has 0 amide bonds. The maximum absolute atomic E-state index is 4.26. The molecule has 0 bridgehead atoms. The van der Waals surface area contributed by atoms with E-state index in [9.17, 15) is 0 Å². The fourth-order valence-electron chi connectivity index (χ4n) is 1.69. The summed E-state index contributed by atoms with van der Waals surface area (Å²) in [5.74, 6) is 0. The van der Waals surface area contributed by atoms with E-state index in [1.807, 2.05) is 17.3 Å². The van der Waals surface area contributed by atoms with Crippen molar-refractivity contribution in [2.75, 3.05) is 6.54 Å². The molecular weight excluding hydrogens is 130 g/mol. The first-order chi connectivity index (χ1) is 4.41. The zero-order valence-electron chi connectivity index (χ0n) is 5.47. The second kappa shape index (κ2) is 2.01. The lowest BCUT2D eigenvalue weighted by Crippen LogP contribution is -2.19. The Bertz CT molecular complexity index is 126. The maximum Gasteiger partial charge on any atom is 0.0547 e. The second-order valence-corrected chi connectivity index (χ2v) is 4.27. The van der Waals surface area contributed by atoms with Gasteiger partial charge in [0.05, 0.1) is 12.1 Å². The molecule has 0 aromatic heterocycles. The average Bonchev–Trinajstić information content (AvgIpc) is 2.45. The topological polar surface area (TPSA) is 12.4 Å². The van der Waals surface area contributed by atoms with Gasteiger partial charge in [-0.15, -0.1) is 11.8 Å². The summed E-state index contributed by atoms with van der Waals surface area (Å²) in [5.41, 5.74) is 2.03. The van der Waals surface area contributed by atoms with Crippen molar-refractivity contribution in [2.24, 2.45) is 4.99 Å². The van der Waals surface area contributed by atoms with Gasteiger partial charge in [0.25, 0.3) is 0 Å². The summed E-state index contributed by atoms with van der Waals surface area (Å²) in [6.07, 6.45) is 5.65. The van der Waals surface area contributed by atoms with Crippen molar-refractivity contribution in [1.29, 1.82) is 0 Å². The Labute approximate surface area is 59.9 Å². The van der Waals surface area contributed by atoms with Gasteiger partial charge in [-0.05, 0) is 12.8 Å². The monoisotopic (exact) mass is 141 g/mol. The van der Waals surface area contributed by atoms with Crippen molar-refractivity contribution in [3.05, 3.63) is 0 Å². The Morgan fingerprint density at radius 3 is 2.67 bits per heavy atom. The first-order valence-electron chi connectivity index (χ1n) is 3.57. The molecule has 1 fully saturated rings. The fourth-order valence-corrected chi connectivity index (χ4v) is 2.73. The summed E-state index contributed by atoms with van der Waals surface area (Å²) in [7, 11) is 0. The van der Waals surface area contributed by atoms with E-state index < -0.39 is 0 Å². The standard InChI is InChI=1S/C7H11NS/c1-2-4-7(3-1)5-8-6-9-7/h6H,1-5H2. The van der Waals surface area contributed by atoms with Crippen LogP contribution in [-0.2, 0) is 0 Å². The lowest BCUT2D eigenvalue weighted by Gasteiger charge is -2.18. The largest absolute Gasteiger partial charge is 0.285 e. The Hall–Kier alpha value is 0.0200. The first kappa shape index (κ1) is 5.78. The molecule has 0 radical (unpaired) electrons. The summed E-state index contributed by atoms with van der Waals surface area (Å²) >= 11 is 1.96. The number of nitrogens with zero attached hydrogens (tertiary/aromatic N) is 1. The SMILES string of the molecule is C1=NCC2(CCCC2)S1. The third kappa shape index (κ3) is 0.895. The Morgan fingerprint density at radius 2 is 2.11 bits per heavy atom. The number of thioether (sulfide) groups is 1. The van der Waals surface area contributed by atoms with Crippen molar-refractivity contribution in [3.63, 3.8) is 0 Å². The van der Waals surface area contributed by atoms with Crippen LogP contribution >= 0.6 is 11.8 Å². The average molecular weight is 141 g/mol. The Balaban J connectivity index is 2.07. The molecule has 1 aliphatic heterocycles. The summed E-state index contributed by atoms with van der Waals surface area (Å²) in [5, 5.41) is 0. The van der Waals surface area contributed by atoms with Crippen LogP contribution in [0.1, 0.15) is 25.7 Å². The molecule has 0 atom stereocenters. The van der Waals surface area contributed by atoms with Gasteiger partial charge in [0.1, 0.15) is 0 Å². The van der Waals surface area contributed by atoms with Gasteiger partial charge in [0.15, 0.2) is 0 Å². The summed E-state index contributed by atoms with van der Waals surface area (Å²) in [4.78, 5) is 4.26. The first-order valence-corrected chi connectivity index (χ1v) is 4.45. The van der Waals surface area contributed by atoms with Crippen LogP contribution in [0.5, 0.6) is 0 Å². The molecule has 0 N–H and O–H groups in total. The zero-order chi connectivity index (χ0) is 6.16. The summed E-state index contributed by atoms with van der Waals surface area (Å²) in [6.45, 7) is 1.09. The van der Waals surface area contributed by atoms with Crippen molar-refractivity contribution in [2.45, 2.75) is 30.4 Å². The van der Waals surface area contributed by atoms with Gasteiger partial charge in [-0.25, -0.2) is 0 Å². The molecule has 2 rings (SSSR count). The fraction of sp³-hybridized carbons (Fsp3) is 0.857. The van der Waals surface area contributed by atoms with Crippen LogP contribution in [0.2, 0.25) is 0 Å². The van der Waals surface area contributed by atoms with Crippen LogP contribution in [0.15, 0.2) is 4.99 Å². The van der Waals surface area contributed by atoms with E-state index >= 15 is 0 Å². The molecule has 50 valence electrons. The highest BCUT2D eigenvalue weighted by Crippen LogP contribution is 2.43. The molecule has 2 aliphatic rings. The smallest absolute Gasteiger partial charge is 0.0547 e. The zero-order valence-corrected chi connectivity index (χ0v) is 6.28. The molecule has 1 saturated carbocycles. The summed E-state index contributed by atoms with van der Waals surface area (Å²) < 4.78 is 0.583. The lowest BCUT2D eigenvalue weighted by atomic mass is 10.1. The summed E-state index contributed by atoms with van der Waals surface area (Å²) in [6, 6.07) is 0. The molecule has 9 heavy (non-hydrogen) atoms. The highest BCUT2D eigenvalue weighted by molar-refractivity contribution is 8.13. The molecule has 0 unspecified atom stereocenters. The van der Waals surface area contributed by atoms with Crippen LogP contribution in [-0.4, -0.2) is 16.8 Å². The second-order valence-electron chi connectivity index (χ2n) is 2.95. The third-order valence-corrected chi connectivity index (χ3v) is 3.56. The highest BCUT2D eigenvalue weighted by atomic mass is 32.2. The molecule has 1 spiro atoms. The number of aliphatic imine (C=N–C) groups is 1. The van der Waals surface area contributed by atoms with E-state index in [1.54, 1.807) is 0 Å². The molecule has 0 aromatic rings. The third-order valence-electron chi connectivity index (χ3n) is 2.27. The van der Waals surface area contributed by atoms with Gasteiger partial charge >= 0.3 is 0 Å². The van der Waals surface area contributed by atoms with Crippen LogP contribution in [0, 0.1) is 0 Å². The van der Waals surface area contributed by atoms with Crippen LogP contribution < -0.4 is 0 Å². The Kier molecular flexibility index (Phi) is 1.29.